The molecule has 0 aliphatic carbocycles. The molecule has 6 heteroatoms. The van der Waals surface area contributed by atoms with Crippen LogP contribution >= 0.6 is 11.8 Å². The van der Waals surface area contributed by atoms with E-state index in [-0.39, 0.29) is 12.3 Å². The first-order valence-electron chi connectivity index (χ1n) is 5.11. The molecule has 1 heterocycles. The van der Waals surface area contributed by atoms with Crippen LogP contribution in [0.4, 0.5) is 0 Å². The first-order valence-corrected chi connectivity index (χ1v) is 6.34. The van der Waals surface area contributed by atoms with Crippen molar-refractivity contribution in [3.8, 4) is 6.19 Å². The number of amidine groups is 1. The van der Waals surface area contributed by atoms with Crippen molar-refractivity contribution in [2.24, 2.45) is 4.99 Å². The van der Waals surface area contributed by atoms with Gasteiger partial charge in [-0.3, -0.25) is 0 Å². The molecule has 1 aliphatic heterocycles. The molecule has 0 spiro atoms. The Bertz CT molecular complexity index is 286. The zero-order valence-corrected chi connectivity index (χ0v) is 10.7. The van der Waals surface area contributed by atoms with Gasteiger partial charge < -0.3 is 14.4 Å². The summed E-state index contributed by atoms with van der Waals surface area (Å²) in [5.41, 5.74) is 0. The van der Waals surface area contributed by atoms with Gasteiger partial charge in [-0.2, -0.15) is 5.26 Å². The summed E-state index contributed by atoms with van der Waals surface area (Å²) in [7, 11) is 3.26. The lowest BCUT2D eigenvalue weighted by Crippen LogP contribution is -2.43. The van der Waals surface area contributed by atoms with E-state index in [4.69, 9.17) is 14.7 Å². The fourth-order valence-electron chi connectivity index (χ4n) is 1.99. The first kappa shape index (κ1) is 13.3. The summed E-state index contributed by atoms with van der Waals surface area (Å²) in [5.74, 6) is 0. The zero-order chi connectivity index (χ0) is 12.0. The van der Waals surface area contributed by atoms with E-state index in [0.717, 1.165) is 24.6 Å². The molecule has 1 saturated heterocycles. The second-order valence-electron chi connectivity index (χ2n) is 3.44. The molecular weight excluding hydrogens is 226 g/mol. The van der Waals surface area contributed by atoms with Crippen molar-refractivity contribution >= 4 is 16.9 Å². The summed E-state index contributed by atoms with van der Waals surface area (Å²) in [6.45, 7) is 0.898. The Kier molecular flexibility index (Phi) is 5.60. The Balaban J connectivity index is 2.79. The number of ether oxygens (including phenoxy) is 2. The number of methoxy groups -OCH3 is 2. The van der Waals surface area contributed by atoms with Crippen LogP contribution in [0.15, 0.2) is 4.99 Å². The van der Waals surface area contributed by atoms with Gasteiger partial charge in [0.05, 0.1) is 6.04 Å². The van der Waals surface area contributed by atoms with Crippen molar-refractivity contribution in [3.05, 3.63) is 0 Å². The molecule has 0 bridgehead atoms. The molecule has 0 radical (unpaired) electrons. The molecule has 0 aromatic rings. The molecule has 1 fully saturated rings. The largest absolute Gasteiger partial charge is 0.354 e. The van der Waals surface area contributed by atoms with Crippen molar-refractivity contribution in [1.29, 1.82) is 5.26 Å². The van der Waals surface area contributed by atoms with Crippen molar-refractivity contribution in [2.75, 3.05) is 27.0 Å². The minimum absolute atomic E-state index is 0.148. The van der Waals surface area contributed by atoms with E-state index in [2.05, 4.69) is 9.89 Å². The normalized spacial score (nSPS) is 21.6. The van der Waals surface area contributed by atoms with Crippen molar-refractivity contribution in [1.82, 2.24) is 4.90 Å². The van der Waals surface area contributed by atoms with Gasteiger partial charge in [-0.25, -0.2) is 0 Å². The van der Waals surface area contributed by atoms with Gasteiger partial charge in [0, 0.05) is 20.8 Å². The van der Waals surface area contributed by atoms with Crippen molar-refractivity contribution in [3.63, 3.8) is 0 Å². The van der Waals surface area contributed by atoms with E-state index in [1.807, 2.05) is 12.4 Å². The standard InChI is InChI=1S/C10H17N3O2S/c1-14-9(15-2)8-5-4-6-13(8)10(16-3)12-7-11/h8-9H,4-6H2,1-3H3. The van der Waals surface area contributed by atoms with Gasteiger partial charge in [-0.05, 0) is 19.1 Å². The van der Waals surface area contributed by atoms with Crippen LogP contribution in [0.25, 0.3) is 0 Å². The minimum atomic E-state index is -0.265. The number of thioether (sulfide) groups is 1. The smallest absolute Gasteiger partial charge is 0.208 e. The monoisotopic (exact) mass is 243 g/mol. The highest BCUT2D eigenvalue weighted by molar-refractivity contribution is 8.13. The average molecular weight is 243 g/mol. The predicted octanol–water partition coefficient (Wildman–Crippen LogP) is 1.27. The molecule has 5 nitrogen and oxygen atoms in total. The van der Waals surface area contributed by atoms with Crippen LogP contribution in [0.2, 0.25) is 0 Å². The van der Waals surface area contributed by atoms with Gasteiger partial charge in [0.1, 0.15) is 0 Å². The molecule has 0 amide bonds. The van der Waals surface area contributed by atoms with Gasteiger partial charge in [-0.1, -0.05) is 11.8 Å². The van der Waals surface area contributed by atoms with E-state index in [9.17, 15) is 0 Å². The highest BCUT2D eigenvalue weighted by Gasteiger charge is 2.33. The maximum Gasteiger partial charge on any atom is 0.208 e. The zero-order valence-electron chi connectivity index (χ0n) is 9.84. The Labute approximate surface area is 100 Å². The van der Waals surface area contributed by atoms with E-state index in [1.54, 1.807) is 14.2 Å². The van der Waals surface area contributed by atoms with Crippen LogP contribution in [0.1, 0.15) is 12.8 Å². The Morgan fingerprint density at radius 3 is 2.75 bits per heavy atom. The summed E-state index contributed by atoms with van der Waals surface area (Å²) in [6.07, 6.45) is 5.55. The van der Waals surface area contributed by atoms with E-state index in [1.165, 1.54) is 11.8 Å². The molecule has 1 rings (SSSR count). The van der Waals surface area contributed by atoms with Gasteiger partial charge in [-0.15, -0.1) is 4.99 Å². The van der Waals surface area contributed by atoms with E-state index in [0.29, 0.717) is 0 Å². The topological polar surface area (TPSA) is 57.9 Å². The summed E-state index contributed by atoms with van der Waals surface area (Å²) < 4.78 is 10.6. The predicted molar refractivity (Wildman–Crippen MR) is 64.1 cm³/mol. The summed E-state index contributed by atoms with van der Waals surface area (Å²) in [6, 6.07) is 0.148. The molecule has 1 unspecified atom stereocenters. The number of nitrogens with zero attached hydrogens (tertiary/aromatic N) is 3. The van der Waals surface area contributed by atoms with Crippen LogP contribution in [-0.4, -0.2) is 49.4 Å². The molecule has 16 heavy (non-hydrogen) atoms. The Hall–Kier alpha value is -0.770. The number of hydrogen-bond acceptors (Lipinski definition) is 5. The van der Waals surface area contributed by atoms with Crippen LogP contribution in [0.5, 0.6) is 0 Å². The lowest BCUT2D eigenvalue weighted by molar-refractivity contribution is -0.131. The number of nitriles is 1. The van der Waals surface area contributed by atoms with E-state index >= 15 is 0 Å². The quantitative estimate of drug-likeness (QED) is 0.323. The van der Waals surface area contributed by atoms with Crippen LogP contribution in [0, 0.1) is 11.5 Å². The maximum absolute atomic E-state index is 8.63. The molecule has 0 aromatic carbocycles. The minimum Gasteiger partial charge on any atom is -0.354 e. The van der Waals surface area contributed by atoms with Gasteiger partial charge >= 0.3 is 0 Å². The van der Waals surface area contributed by atoms with Crippen LogP contribution in [0.3, 0.4) is 0 Å². The van der Waals surface area contributed by atoms with Crippen molar-refractivity contribution < 1.29 is 9.47 Å². The fraction of sp³-hybridized carbons (Fsp3) is 0.800. The molecular formula is C10H17N3O2S. The second kappa shape index (κ2) is 6.74. The SMILES string of the molecule is COC(OC)C1CCCN1C(=NC#N)SC. The molecule has 90 valence electrons. The van der Waals surface area contributed by atoms with E-state index < -0.39 is 0 Å². The average Bonchev–Trinajstić information content (AvgIpc) is 2.77. The number of aliphatic imine (C=N–C) groups is 1. The third kappa shape index (κ3) is 2.88. The fourth-order valence-corrected chi connectivity index (χ4v) is 2.59. The molecule has 1 aliphatic rings. The number of rotatable bonds is 3. The lowest BCUT2D eigenvalue weighted by atomic mass is 10.2. The highest BCUT2D eigenvalue weighted by Crippen LogP contribution is 2.25. The molecule has 0 aromatic heterocycles. The highest BCUT2D eigenvalue weighted by atomic mass is 32.2. The maximum atomic E-state index is 8.63. The van der Waals surface area contributed by atoms with Gasteiger partial charge in [0.15, 0.2) is 11.5 Å². The summed E-state index contributed by atoms with van der Waals surface area (Å²) in [5, 5.41) is 9.37. The third-order valence-electron chi connectivity index (χ3n) is 2.65. The summed E-state index contributed by atoms with van der Waals surface area (Å²) >= 11 is 1.48. The molecule has 0 N–H and O–H groups in total. The Morgan fingerprint density at radius 1 is 1.56 bits per heavy atom. The van der Waals surface area contributed by atoms with Crippen molar-refractivity contribution in [2.45, 2.75) is 25.2 Å². The molecule has 0 saturated carbocycles. The van der Waals surface area contributed by atoms with Gasteiger partial charge in [0.2, 0.25) is 6.19 Å². The van der Waals surface area contributed by atoms with Crippen LogP contribution in [-0.2, 0) is 9.47 Å². The first-order chi connectivity index (χ1) is 7.78. The number of hydrogen-bond donors (Lipinski definition) is 0. The van der Waals surface area contributed by atoms with Crippen LogP contribution < -0.4 is 0 Å². The molecule has 1 atom stereocenters. The van der Waals surface area contributed by atoms with Gasteiger partial charge in [0.25, 0.3) is 0 Å². The number of likely N-dealkylation sites (tertiary alicyclic amines) is 1. The summed E-state index contributed by atoms with van der Waals surface area (Å²) in [4.78, 5) is 5.91. The Morgan fingerprint density at radius 2 is 2.25 bits per heavy atom. The lowest BCUT2D eigenvalue weighted by Gasteiger charge is -2.30. The third-order valence-corrected chi connectivity index (χ3v) is 3.34. The second-order valence-corrected chi connectivity index (χ2v) is 4.21.